The largest absolute Gasteiger partial charge is 0.463 e. The van der Waals surface area contributed by atoms with Gasteiger partial charge >= 0.3 is 0 Å². The number of nitrogens with one attached hydrogen (secondary N) is 1. The molecule has 1 fully saturated rings. The van der Waals surface area contributed by atoms with Crippen molar-refractivity contribution >= 4 is 34.5 Å². The predicted molar refractivity (Wildman–Crippen MR) is 128 cm³/mol. The summed E-state index contributed by atoms with van der Waals surface area (Å²) in [7, 11) is 0. The van der Waals surface area contributed by atoms with E-state index in [-0.39, 0.29) is 17.9 Å². The van der Waals surface area contributed by atoms with Crippen LogP contribution in [0.4, 0.5) is 0 Å². The predicted octanol–water partition coefficient (Wildman–Crippen LogP) is 5.24. The van der Waals surface area contributed by atoms with E-state index in [0.717, 1.165) is 23.9 Å². The highest BCUT2D eigenvalue weighted by Gasteiger charge is 2.48. The second-order valence-electron chi connectivity index (χ2n) is 9.93. The number of carbonyl (C=O) groups excluding carboxylic acids is 2. The van der Waals surface area contributed by atoms with Gasteiger partial charge in [-0.15, -0.1) is 0 Å². The Hall–Kier alpha value is -2.73. The Kier molecular flexibility index (Phi) is 5.52. The van der Waals surface area contributed by atoms with E-state index in [9.17, 15) is 9.59 Å². The molecule has 1 aromatic carbocycles. The van der Waals surface area contributed by atoms with Crippen LogP contribution in [0, 0.1) is 11.8 Å². The lowest BCUT2D eigenvalue weighted by atomic mass is 9.77. The van der Waals surface area contributed by atoms with Gasteiger partial charge < -0.3 is 19.2 Å². The lowest BCUT2D eigenvalue weighted by molar-refractivity contribution is -0.134. The SMILES string of the molecule is C[C@H]1[C@H](C)CCC[C@@H]1NC(=O)[C@@]1(C)Cn2c(cc3occc32)C(=O)N1Cc1cccc(Cl)c1. The van der Waals surface area contributed by atoms with Gasteiger partial charge in [-0.3, -0.25) is 9.59 Å². The zero-order chi connectivity index (χ0) is 23.3. The van der Waals surface area contributed by atoms with Gasteiger partial charge in [0.2, 0.25) is 5.91 Å². The fraction of sp³-hybridized carbons (Fsp3) is 0.462. The van der Waals surface area contributed by atoms with Gasteiger partial charge in [0.1, 0.15) is 11.2 Å². The third kappa shape index (κ3) is 3.74. The van der Waals surface area contributed by atoms with Crippen molar-refractivity contribution in [2.24, 2.45) is 11.8 Å². The molecule has 5 rings (SSSR count). The van der Waals surface area contributed by atoms with E-state index < -0.39 is 5.54 Å². The first kappa shape index (κ1) is 22.1. The molecular weight excluding hydrogens is 438 g/mol. The average Bonchev–Trinajstić information content (AvgIpc) is 3.37. The first-order valence-corrected chi connectivity index (χ1v) is 12.1. The van der Waals surface area contributed by atoms with Crippen LogP contribution in [0.25, 0.3) is 11.1 Å². The van der Waals surface area contributed by atoms with E-state index in [2.05, 4.69) is 19.2 Å². The number of hydrogen-bond acceptors (Lipinski definition) is 3. The molecule has 0 bridgehead atoms. The lowest BCUT2D eigenvalue weighted by Gasteiger charge is -2.45. The summed E-state index contributed by atoms with van der Waals surface area (Å²) >= 11 is 6.21. The van der Waals surface area contributed by atoms with Crippen LogP contribution in [-0.4, -0.2) is 32.9 Å². The first-order valence-electron chi connectivity index (χ1n) is 11.7. The van der Waals surface area contributed by atoms with E-state index in [1.54, 1.807) is 23.3 Å². The molecule has 1 saturated carbocycles. The second-order valence-corrected chi connectivity index (χ2v) is 10.4. The van der Waals surface area contributed by atoms with Crippen LogP contribution in [0.15, 0.2) is 47.1 Å². The fourth-order valence-electron chi connectivity index (χ4n) is 5.45. The Morgan fingerprint density at radius 3 is 2.85 bits per heavy atom. The maximum absolute atomic E-state index is 13.9. The molecule has 2 aliphatic rings. The molecule has 0 radical (unpaired) electrons. The number of fused-ring (bicyclic) bond motifs is 3. The van der Waals surface area contributed by atoms with Gasteiger partial charge in [0.15, 0.2) is 5.58 Å². The number of furan rings is 1. The highest BCUT2D eigenvalue weighted by Crippen LogP contribution is 2.35. The molecule has 0 saturated heterocycles. The molecule has 1 aliphatic carbocycles. The molecule has 1 N–H and O–H groups in total. The summed E-state index contributed by atoms with van der Waals surface area (Å²) in [4.78, 5) is 29.3. The summed E-state index contributed by atoms with van der Waals surface area (Å²) in [5, 5.41) is 3.93. The van der Waals surface area contributed by atoms with Gasteiger partial charge in [0, 0.05) is 29.7 Å². The lowest BCUT2D eigenvalue weighted by Crippen LogP contribution is -2.65. The number of amides is 2. The van der Waals surface area contributed by atoms with E-state index in [4.69, 9.17) is 16.0 Å². The van der Waals surface area contributed by atoms with E-state index in [1.807, 2.05) is 35.8 Å². The molecule has 2 aromatic heterocycles. The highest BCUT2D eigenvalue weighted by atomic mass is 35.5. The van der Waals surface area contributed by atoms with Gasteiger partial charge in [-0.25, -0.2) is 0 Å². The Balaban J connectivity index is 1.53. The number of rotatable bonds is 4. The van der Waals surface area contributed by atoms with Gasteiger partial charge in [0.25, 0.3) is 5.91 Å². The van der Waals surface area contributed by atoms with Crippen molar-refractivity contribution < 1.29 is 14.0 Å². The van der Waals surface area contributed by atoms with Crippen molar-refractivity contribution in [2.45, 2.75) is 64.7 Å². The smallest absolute Gasteiger partial charge is 0.271 e. The fourth-order valence-corrected chi connectivity index (χ4v) is 5.66. The number of halogens is 1. The molecular formula is C26H30ClN3O3. The molecule has 33 heavy (non-hydrogen) atoms. The first-order chi connectivity index (χ1) is 15.8. The Labute approximate surface area is 198 Å². The number of carbonyl (C=O) groups is 2. The van der Waals surface area contributed by atoms with Crippen molar-refractivity contribution in [2.75, 3.05) is 0 Å². The minimum atomic E-state index is -1.06. The molecule has 2 amide bonds. The zero-order valence-corrected chi connectivity index (χ0v) is 20.1. The summed E-state index contributed by atoms with van der Waals surface area (Å²) in [6.45, 7) is 7.00. The Morgan fingerprint density at radius 1 is 1.24 bits per heavy atom. The van der Waals surface area contributed by atoms with Crippen LogP contribution in [0.1, 0.15) is 56.1 Å². The summed E-state index contributed by atoms with van der Waals surface area (Å²) in [5.74, 6) is 0.666. The van der Waals surface area contributed by atoms with Crippen LogP contribution in [0.2, 0.25) is 5.02 Å². The van der Waals surface area contributed by atoms with E-state index >= 15 is 0 Å². The molecule has 7 heteroatoms. The molecule has 0 unspecified atom stereocenters. The van der Waals surface area contributed by atoms with Crippen molar-refractivity contribution in [1.29, 1.82) is 0 Å². The van der Waals surface area contributed by atoms with Crippen molar-refractivity contribution in [3.8, 4) is 0 Å². The molecule has 1 aliphatic heterocycles. The molecule has 4 atom stereocenters. The third-order valence-corrected chi connectivity index (χ3v) is 8.03. The van der Waals surface area contributed by atoms with Crippen LogP contribution in [0.3, 0.4) is 0 Å². The average molecular weight is 468 g/mol. The number of hydrogen-bond donors (Lipinski definition) is 1. The van der Waals surface area contributed by atoms with Crippen LogP contribution in [0.5, 0.6) is 0 Å². The van der Waals surface area contributed by atoms with Crippen molar-refractivity contribution in [1.82, 2.24) is 14.8 Å². The minimum absolute atomic E-state index is 0.111. The van der Waals surface area contributed by atoms with Gasteiger partial charge in [-0.1, -0.05) is 50.4 Å². The number of benzene rings is 1. The number of aromatic nitrogens is 1. The minimum Gasteiger partial charge on any atom is -0.463 e. The summed E-state index contributed by atoms with van der Waals surface area (Å²) in [6, 6.07) is 11.2. The van der Waals surface area contributed by atoms with Gasteiger partial charge in [-0.2, -0.15) is 0 Å². The van der Waals surface area contributed by atoms with Crippen LogP contribution >= 0.6 is 11.6 Å². The standard InChI is InChI=1S/C26H30ClN3O3/c1-16-6-4-9-20(17(16)2)28-25(32)26(3)15-29-21-10-11-33-23(21)13-22(29)24(31)30(26)14-18-7-5-8-19(27)12-18/h5,7-8,10-13,16-17,20H,4,6,9,14-15H2,1-3H3,(H,28,32)/t16-,17+,20+,26-/m1/s1. The molecule has 3 aromatic rings. The van der Waals surface area contributed by atoms with Gasteiger partial charge in [-0.05, 0) is 42.9 Å². The summed E-state index contributed by atoms with van der Waals surface area (Å²) in [5.41, 5.74) is 1.85. The highest BCUT2D eigenvalue weighted by molar-refractivity contribution is 6.30. The van der Waals surface area contributed by atoms with Gasteiger partial charge in [0.05, 0.1) is 18.3 Å². The monoisotopic (exact) mass is 467 g/mol. The quantitative estimate of drug-likeness (QED) is 0.570. The summed E-state index contributed by atoms with van der Waals surface area (Å²) < 4.78 is 7.47. The summed E-state index contributed by atoms with van der Waals surface area (Å²) in [6.07, 6.45) is 4.88. The molecule has 0 spiro atoms. The normalized spacial score (nSPS) is 27.6. The molecule has 3 heterocycles. The Morgan fingerprint density at radius 2 is 2.06 bits per heavy atom. The third-order valence-electron chi connectivity index (χ3n) is 7.79. The van der Waals surface area contributed by atoms with Crippen LogP contribution < -0.4 is 5.32 Å². The van der Waals surface area contributed by atoms with Crippen LogP contribution in [-0.2, 0) is 17.9 Å². The second kappa shape index (κ2) is 8.24. The topological polar surface area (TPSA) is 67.5 Å². The maximum Gasteiger partial charge on any atom is 0.271 e. The zero-order valence-electron chi connectivity index (χ0n) is 19.3. The van der Waals surface area contributed by atoms with E-state index in [0.29, 0.717) is 41.2 Å². The Bertz CT molecular complexity index is 1210. The van der Waals surface area contributed by atoms with Crippen molar-refractivity contribution in [3.05, 3.63) is 58.9 Å². The number of nitrogens with zero attached hydrogens (tertiary/aromatic N) is 2. The van der Waals surface area contributed by atoms with E-state index in [1.165, 1.54) is 6.42 Å². The van der Waals surface area contributed by atoms with Crippen molar-refractivity contribution in [3.63, 3.8) is 0 Å². The molecule has 174 valence electrons. The molecule has 6 nitrogen and oxygen atoms in total. The maximum atomic E-state index is 13.9.